The van der Waals surface area contributed by atoms with E-state index < -0.39 is 10.0 Å². The van der Waals surface area contributed by atoms with Gasteiger partial charge in [-0.2, -0.15) is 0 Å². The fourth-order valence-corrected chi connectivity index (χ4v) is 3.19. The first-order valence-corrected chi connectivity index (χ1v) is 7.43. The largest absolute Gasteiger partial charge is 0.313 e. The first kappa shape index (κ1) is 13.5. The summed E-state index contributed by atoms with van der Waals surface area (Å²) in [6, 6.07) is 0.128. The Hall–Kier alpha value is -0.570. The molecule has 0 spiro atoms. The van der Waals surface area contributed by atoms with Gasteiger partial charge in [0.1, 0.15) is 0 Å². The van der Waals surface area contributed by atoms with Crippen LogP contribution in [-0.4, -0.2) is 33.3 Å². The average molecular weight is 244 g/mol. The highest BCUT2D eigenvalue weighted by atomic mass is 32.2. The summed E-state index contributed by atoms with van der Waals surface area (Å²) in [5, 5.41) is 3.18. The lowest BCUT2D eigenvalue weighted by molar-refractivity contribution is 0.560. The molecule has 1 saturated heterocycles. The van der Waals surface area contributed by atoms with Crippen LogP contribution in [0.4, 0.5) is 0 Å². The lowest BCUT2D eigenvalue weighted by Crippen LogP contribution is -2.36. The molecule has 0 radical (unpaired) electrons. The van der Waals surface area contributed by atoms with Crippen molar-refractivity contribution in [1.82, 2.24) is 10.0 Å². The van der Waals surface area contributed by atoms with E-state index in [9.17, 15) is 8.42 Å². The molecular formula is C11H20N2O2S. The van der Waals surface area contributed by atoms with E-state index >= 15 is 0 Å². The monoisotopic (exact) mass is 244 g/mol. The number of unbranched alkanes of at least 4 members (excludes halogenated alkanes) is 2. The molecule has 1 rings (SSSR count). The molecule has 0 saturated carbocycles. The number of sulfonamides is 1. The molecule has 0 aromatic rings. The zero-order valence-electron chi connectivity index (χ0n) is 9.54. The van der Waals surface area contributed by atoms with Gasteiger partial charge in [-0.25, -0.2) is 13.1 Å². The third-order valence-electron chi connectivity index (χ3n) is 2.65. The number of hydrogen-bond acceptors (Lipinski definition) is 3. The smallest absolute Gasteiger partial charge is 0.213 e. The van der Waals surface area contributed by atoms with Gasteiger partial charge >= 0.3 is 0 Å². The fourth-order valence-electron chi connectivity index (χ4n) is 1.80. The Morgan fingerprint density at radius 3 is 2.88 bits per heavy atom. The van der Waals surface area contributed by atoms with Crippen molar-refractivity contribution < 1.29 is 8.42 Å². The fraction of sp³-hybridized carbons (Fsp3) is 0.818. The summed E-state index contributed by atoms with van der Waals surface area (Å²) in [5.74, 6) is 2.73. The Labute approximate surface area is 98.2 Å². The van der Waals surface area contributed by atoms with Gasteiger partial charge in [0.2, 0.25) is 10.0 Å². The van der Waals surface area contributed by atoms with Crippen molar-refractivity contribution in [3.63, 3.8) is 0 Å². The van der Waals surface area contributed by atoms with Crippen LogP contribution in [0.25, 0.3) is 0 Å². The Morgan fingerprint density at radius 1 is 1.44 bits per heavy atom. The van der Waals surface area contributed by atoms with E-state index in [0.29, 0.717) is 13.0 Å². The Balaban J connectivity index is 2.16. The molecule has 5 heteroatoms. The second-order valence-electron chi connectivity index (χ2n) is 4.13. The Bertz CT molecular complexity index is 326. The number of hydrogen-bond donors (Lipinski definition) is 2. The topological polar surface area (TPSA) is 58.2 Å². The van der Waals surface area contributed by atoms with Crippen molar-refractivity contribution in [2.24, 2.45) is 0 Å². The van der Waals surface area contributed by atoms with E-state index in [4.69, 9.17) is 6.42 Å². The maximum atomic E-state index is 11.6. The predicted octanol–water partition coefficient (Wildman–Crippen LogP) is 0.461. The van der Waals surface area contributed by atoms with Gasteiger partial charge < -0.3 is 5.32 Å². The summed E-state index contributed by atoms with van der Waals surface area (Å²) in [7, 11) is -3.12. The zero-order valence-corrected chi connectivity index (χ0v) is 10.4. The van der Waals surface area contributed by atoms with Crippen LogP contribution in [0.5, 0.6) is 0 Å². The first-order chi connectivity index (χ1) is 7.64. The van der Waals surface area contributed by atoms with Gasteiger partial charge in [0.15, 0.2) is 0 Å². The summed E-state index contributed by atoms with van der Waals surface area (Å²) >= 11 is 0. The van der Waals surface area contributed by atoms with Gasteiger partial charge in [-0.3, -0.25) is 0 Å². The molecule has 1 aliphatic heterocycles. The van der Waals surface area contributed by atoms with Gasteiger partial charge in [0.25, 0.3) is 0 Å². The minimum Gasteiger partial charge on any atom is -0.313 e. The van der Waals surface area contributed by atoms with Crippen molar-refractivity contribution >= 4 is 10.0 Å². The van der Waals surface area contributed by atoms with Gasteiger partial charge in [-0.05, 0) is 32.2 Å². The quantitative estimate of drug-likeness (QED) is 0.505. The minimum atomic E-state index is -3.12. The van der Waals surface area contributed by atoms with Crippen molar-refractivity contribution in [3.8, 4) is 12.3 Å². The van der Waals surface area contributed by atoms with Gasteiger partial charge in [0, 0.05) is 19.0 Å². The summed E-state index contributed by atoms with van der Waals surface area (Å²) in [6.07, 6.45) is 9.53. The third-order valence-corrected chi connectivity index (χ3v) is 4.14. The van der Waals surface area contributed by atoms with E-state index in [1.165, 1.54) is 0 Å². The number of nitrogens with one attached hydrogen (secondary N) is 2. The summed E-state index contributed by atoms with van der Waals surface area (Å²) in [4.78, 5) is 0. The molecule has 0 aliphatic carbocycles. The molecule has 1 heterocycles. The second kappa shape index (κ2) is 6.89. The summed E-state index contributed by atoms with van der Waals surface area (Å²) in [6.45, 7) is 1.43. The molecule has 1 aliphatic rings. The van der Waals surface area contributed by atoms with E-state index in [2.05, 4.69) is 16.0 Å². The molecule has 0 aromatic carbocycles. The third kappa shape index (κ3) is 5.50. The highest BCUT2D eigenvalue weighted by Gasteiger charge is 2.21. The molecule has 0 amide bonds. The molecule has 0 bridgehead atoms. The van der Waals surface area contributed by atoms with Crippen LogP contribution in [0.3, 0.4) is 0 Å². The van der Waals surface area contributed by atoms with Crippen LogP contribution in [-0.2, 0) is 10.0 Å². The maximum absolute atomic E-state index is 11.6. The Kier molecular flexibility index (Phi) is 5.81. The van der Waals surface area contributed by atoms with E-state index in [1.807, 2.05) is 0 Å². The highest BCUT2D eigenvalue weighted by Crippen LogP contribution is 2.06. The van der Waals surface area contributed by atoms with Crippen molar-refractivity contribution in [3.05, 3.63) is 0 Å². The van der Waals surface area contributed by atoms with E-state index in [1.54, 1.807) is 0 Å². The number of terminal acetylenes is 1. The van der Waals surface area contributed by atoms with Crippen molar-refractivity contribution in [1.29, 1.82) is 0 Å². The molecule has 2 N–H and O–H groups in total. The molecule has 1 unspecified atom stereocenters. The van der Waals surface area contributed by atoms with E-state index in [-0.39, 0.29) is 11.8 Å². The second-order valence-corrected chi connectivity index (χ2v) is 5.98. The van der Waals surface area contributed by atoms with Crippen LogP contribution in [0, 0.1) is 12.3 Å². The first-order valence-electron chi connectivity index (χ1n) is 5.78. The van der Waals surface area contributed by atoms with Crippen LogP contribution < -0.4 is 10.0 Å². The van der Waals surface area contributed by atoms with Gasteiger partial charge in [-0.1, -0.05) is 0 Å². The highest BCUT2D eigenvalue weighted by molar-refractivity contribution is 7.89. The zero-order chi connectivity index (χ0) is 11.9. The SMILES string of the molecule is C#CCCCCNS(=O)(=O)CC1CCCN1. The molecular weight excluding hydrogens is 224 g/mol. The molecule has 0 aromatic heterocycles. The molecule has 92 valence electrons. The van der Waals surface area contributed by atoms with Crippen molar-refractivity contribution in [2.45, 2.75) is 38.1 Å². The summed E-state index contributed by atoms with van der Waals surface area (Å²) in [5.41, 5.74) is 0. The molecule has 1 fully saturated rings. The molecule has 1 atom stereocenters. The van der Waals surface area contributed by atoms with Crippen LogP contribution >= 0.6 is 0 Å². The van der Waals surface area contributed by atoms with Crippen LogP contribution in [0.1, 0.15) is 32.1 Å². The number of rotatable bonds is 7. The molecule has 4 nitrogen and oxygen atoms in total. The minimum absolute atomic E-state index is 0.128. The average Bonchev–Trinajstić information content (AvgIpc) is 2.69. The van der Waals surface area contributed by atoms with Crippen molar-refractivity contribution in [2.75, 3.05) is 18.8 Å². The molecule has 16 heavy (non-hydrogen) atoms. The lowest BCUT2D eigenvalue weighted by atomic mass is 10.2. The van der Waals surface area contributed by atoms with Gasteiger partial charge in [0.05, 0.1) is 5.75 Å². The summed E-state index contributed by atoms with van der Waals surface area (Å²) < 4.78 is 25.9. The normalized spacial score (nSPS) is 20.8. The van der Waals surface area contributed by atoms with Crippen LogP contribution in [0.2, 0.25) is 0 Å². The Morgan fingerprint density at radius 2 is 2.25 bits per heavy atom. The standard InChI is InChI=1S/C11H20N2O2S/c1-2-3-4-5-9-13-16(14,15)10-11-7-6-8-12-11/h1,11-13H,3-10H2. The van der Waals surface area contributed by atoms with Crippen LogP contribution in [0.15, 0.2) is 0 Å². The van der Waals surface area contributed by atoms with Gasteiger partial charge in [-0.15, -0.1) is 12.3 Å². The maximum Gasteiger partial charge on any atom is 0.213 e. The lowest BCUT2D eigenvalue weighted by Gasteiger charge is -2.11. The predicted molar refractivity (Wildman–Crippen MR) is 65.5 cm³/mol. The van der Waals surface area contributed by atoms with E-state index in [0.717, 1.165) is 32.2 Å².